The van der Waals surface area contributed by atoms with Crippen molar-refractivity contribution in [2.75, 3.05) is 32.5 Å². The molecule has 4 rings (SSSR count). The fourth-order valence-corrected chi connectivity index (χ4v) is 6.54. The van der Waals surface area contributed by atoms with Crippen LogP contribution in [-0.4, -0.2) is 53.5 Å². The number of nitrogens with zero attached hydrogens (tertiary/aromatic N) is 2. The molecule has 1 unspecified atom stereocenters. The van der Waals surface area contributed by atoms with E-state index in [2.05, 4.69) is 9.88 Å². The van der Waals surface area contributed by atoms with Gasteiger partial charge in [-0.3, -0.25) is 15.0 Å². The van der Waals surface area contributed by atoms with Gasteiger partial charge in [-0.05, 0) is 69.1 Å². The lowest BCUT2D eigenvalue weighted by atomic mass is 9.73. The highest BCUT2D eigenvalue weighted by Crippen LogP contribution is 2.42. The van der Waals surface area contributed by atoms with E-state index in [0.717, 1.165) is 17.8 Å². The molecule has 1 saturated heterocycles. The zero-order valence-electron chi connectivity index (χ0n) is 21.8. The molecule has 0 bridgehead atoms. The Balaban J connectivity index is 1.39. The highest BCUT2D eigenvalue weighted by atomic mass is 35.5. The molecule has 1 fully saturated rings. The summed E-state index contributed by atoms with van der Waals surface area (Å²) in [5.74, 6) is 0.407. The molecule has 2 heterocycles. The van der Waals surface area contributed by atoms with Gasteiger partial charge in [0.1, 0.15) is 11.9 Å². The van der Waals surface area contributed by atoms with Gasteiger partial charge in [0.2, 0.25) is 5.91 Å². The first kappa shape index (κ1) is 30.4. The average molecular weight is 600 g/mol. The second-order valence-corrected chi connectivity index (χ2v) is 11.4. The molecule has 3 aromatic rings. The van der Waals surface area contributed by atoms with E-state index < -0.39 is 29.2 Å². The van der Waals surface area contributed by atoms with Gasteiger partial charge in [0, 0.05) is 34.3 Å². The molecule has 0 spiro atoms. The second kappa shape index (κ2) is 12.9. The number of pyridine rings is 1. The number of carbonyl (C=O) groups excluding carboxylic acids is 1. The summed E-state index contributed by atoms with van der Waals surface area (Å²) in [6.45, 7) is 1.50. The van der Waals surface area contributed by atoms with Crippen molar-refractivity contribution < 1.29 is 32.3 Å². The second-order valence-electron chi connectivity index (χ2n) is 9.81. The molecule has 1 aromatic heterocycles. The predicted octanol–water partition coefficient (Wildman–Crippen LogP) is 7.09. The molecule has 0 aliphatic carbocycles. The Labute approximate surface area is 239 Å². The molecule has 2 aromatic carbocycles. The van der Waals surface area contributed by atoms with Crippen molar-refractivity contribution in [1.29, 1.82) is 0 Å². The zero-order valence-corrected chi connectivity index (χ0v) is 23.4. The first-order chi connectivity index (χ1) is 19.1. The number of alkyl halides is 4. The smallest absolute Gasteiger partial charge is 0.417 e. The first-order valence-corrected chi connectivity index (χ1v) is 14.2. The number of carbonyl (C=O) groups is 1. The van der Waals surface area contributed by atoms with Gasteiger partial charge in [0.15, 0.2) is 0 Å². The molecule has 12 heteroatoms. The number of rotatable bonds is 10. The summed E-state index contributed by atoms with van der Waals surface area (Å²) >= 11 is 7.49. The minimum Gasteiger partial charge on any atom is -0.497 e. The Morgan fingerprint density at radius 2 is 1.98 bits per heavy atom. The predicted molar refractivity (Wildman–Crippen MR) is 147 cm³/mol. The molecule has 6 nitrogen and oxygen atoms in total. The molecule has 40 heavy (non-hydrogen) atoms. The van der Waals surface area contributed by atoms with Crippen LogP contribution in [0.15, 0.2) is 53.6 Å². The number of ether oxygens (including phenoxy) is 1. The minimum absolute atomic E-state index is 0.00641. The van der Waals surface area contributed by atoms with Gasteiger partial charge in [-0.25, -0.2) is 9.87 Å². The van der Waals surface area contributed by atoms with Gasteiger partial charge in [0.25, 0.3) is 0 Å². The van der Waals surface area contributed by atoms with Gasteiger partial charge >= 0.3 is 6.18 Å². The Hall–Kier alpha value is -2.60. The van der Waals surface area contributed by atoms with Crippen molar-refractivity contribution in [1.82, 2.24) is 15.4 Å². The van der Waals surface area contributed by atoms with E-state index in [-0.39, 0.29) is 28.3 Å². The quantitative estimate of drug-likeness (QED) is 0.112. The van der Waals surface area contributed by atoms with Crippen LogP contribution >= 0.6 is 23.4 Å². The van der Waals surface area contributed by atoms with Crippen LogP contribution in [0.4, 0.5) is 17.6 Å². The van der Waals surface area contributed by atoms with Crippen molar-refractivity contribution in [3.63, 3.8) is 0 Å². The lowest BCUT2D eigenvalue weighted by Gasteiger charge is -2.40. The van der Waals surface area contributed by atoms with Crippen LogP contribution in [0.1, 0.15) is 43.0 Å². The van der Waals surface area contributed by atoms with E-state index in [9.17, 15) is 23.2 Å². The van der Waals surface area contributed by atoms with Gasteiger partial charge in [-0.1, -0.05) is 23.7 Å². The number of hydrogen-bond acceptors (Lipinski definition) is 6. The van der Waals surface area contributed by atoms with E-state index in [1.807, 2.05) is 0 Å². The monoisotopic (exact) mass is 599 g/mol. The summed E-state index contributed by atoms with van der Waals surface area (Å²) in [4.78, 5) is 19.3. The molecule has 1 aliphatic heterocycles. The standard InChI is InChI=1S/C28H30ClF4N3O3S/c1-39-18-6-7-23-19(16-18)25(21(29)17-34-23)22(30)8-9-27(26(37)35-38)10-12-36(13-11-27)14-15-40-24-5-3-2-4-20(24)28(31,32)33/h2-7,16-17,22,38H,8-15H2,1H3,(H,35,37). The molecule has 1 atom stereocenters. The topological polar surface area (TPSA) is 74.7 Å². The lowest BCUT2D eigenvalue weighted by molar-refractivity contribution is -0.143. The molecule has 2 N–H and O–H groups in total. The number of nitrogens with one attached hydrogen (secondary N) is 1. The Kier molecular flexibility index (Phi) is 9.81. The number of thioether (sulfide) groups is 1. The normalized spacial score (nSPS) is 16.6. The zero-order chi connectivity index (χ0) is 28.9. The fraction of sp³-hybridized carbons (Fsp3) is 0.429. The summed E-state index contributed by atoms with van der Waals surface area (Å²) in [5, 5.41) is 10.2. The average Bonchev–Trinajstić information content (AvgIpc) is 2.95. The summed E-state index contributed by atoms with van der Waals surface area (Å²) in [7, 11) is 1.51. The number of aromatic nitrogens is 1. The van der Waals surface area contributed by atoms with Crippen LogP contribution in [0.3, 0.4) is 0 Å². The number of hydroxylamine groups is 1. The molecule has 0 radical (unpaired) electrons. The Morgan fingerprint density at radius 3 is 2.65 bits per heavy atom. The molecular weight excluding hydrogens is 570 g/mol. The van der Waals surface area contributed by atoms with E-state index >= 15 is 4.39 Å². The Bertz CT molecular complexity index is 1340. The van der Waals surface area contributed by atoms with E-state index in [4.69, 9.17) is 16.3 Å². The third-order valence-electron chi connectivity index (χ3n) is 7.51. The largest absolute Gasteiger partial charge is 0.497 e. The maximum atomic E-state index is 15.7. The third-order valence-corrected chi connectivity index (χ3v) is 8.87. The SMILES string of the molecule is COc1ccc2ncc(Cl)c(C(F)CCC3(C(=O)NO)CCN(CCSc4ccccc4C(F)(F)F)CC3)c2c1. The van der Waals surface area contributed by atoms with Crippen LogP contribution in [0, 0.1) is 5.41 Å². The molecule has 0 saturated carbocycles. The number of hydrogen-bond donors (Lipinski definition) is 2. The maximum absolute atomic E-state index is 15.7. The number of amides is 1. The van der Waals surface area contributed by atoms with E-state index in [0.29, 0.717) is 54.9 Å². The summed E-state index contributed by atoms with van der Waals surface area (Å²) in [5.41, 5.74) is 0.951. The van der Waals surface area contributed by atoms with Crippen LogP contribution in [-0.2, 0) is 11.0 Å². The third kappa shape index (κ3) is 6.82. The number of benzene rings is 2. The van der Waals surface area contributed by atoms with E-state index in [1.165, 1.54) is 25.4 Å². The van der Waals surface area contributed by atoms with Gasteiger partial charge in [0.05, 0.1) is 28.6 Å². The van der Waals surface area contributed by atoms with Gasteiger partial charge in [-0.15, -0.1) is 11.8 Å². The fourth-order valence-electron chi connectivity index (χ4n) is 5.19. The molecule has 1 amide bonds. The lowest BCUT2D eigenvalue weighted by Crippen LogP contribution is -2.48. The van der Waals surface area contributed by atoms with Crippen molar-refractivity contribution >= 4 is 40.2 Å². The van der Waals surface area contributed by atoms with Crippen molar-refractivity contribution in [2.24, 2.45) is 5.41 Å². The highest BCUT2D eigenvalue weighted by Gasteiger charge is 2.42. The van der Waals surface area contributed by atoms with Crippen molar-refractivity contribution in [3.05, 3.63) is 64.8 Å². The highest BCUT2D eigenvalue weighted by molar-refractivity contribution is 7.99. The Morgan fingerprint density at radius 1 is 1.25 bits per heavy atom. The molecular formula is C28H30ClF4N3O3S. The summed E-state index contributed by atoms with van der Waals surface area (Å²) < 4.78 is 60.8. The molecule has 1 aliphatic rings. The van der Waals surface area contributed by atoms with E-state index in [1.54, 1.807) is 29.7 Å². The van der Waals surface area contributed by atoms with Crippen molar-refractivity contribution in [3.8, 4) is 5.75 Å². The van der Waals surface area contributed by atoms with Gasteiger partial charge in [-0.2, -0.15) is 13.2 Å². The van der Waals surface area contributed by atoms with Crippen LogP contribution < -0.4 is 10.2 Å². The van der Waals surface area contributed by atoms with Crippen LogP contribution in [0.25, 0.3) is 10.9 Å². The van der Waals surface area contributed by atoms with Crippen molar-refractivity contribution in [2.45, 2.75) is 42.9 Å². The number of methoxy groups -OCH3 is 1. The first-order valence-electron chi connectivity index (χ1n) is 12.8. The minimum atomic E-state index is -4.42. The molecule has 216 valence electrons. The number of piperidine rings is 1. The number of halogens is 5. The number of likely N-dealkylation sites (tertiary alicyclic amines) is 1. The maximum Gasteiger partial charge on any atom is 0.417 e. The van der Waals surface area contributed by atoms with Crippen LogP contribution in [0.2, 0.25) is 5.02 Å². The summed E-state index contributed by atoms with van der Waals surface area (Å²) in [6, 6.07) is 10.6. The number of fused-ring (bicyclic) bond motifs is 1. The van der Waals surface area contributed by atoms with Gasteiger partial charge < -0.3 is 9.64 Å². The summed E-state index contributed by atoms with van der Waals surface area (Å²) in [6.07, 6.45) is -3.60. The van der Waals surface area contributed by atoms with Crippen LogP contribution in [0.5, 0.6) is 5.75 Å².